The molecule has 3 aromatic carbocycles. The average molecular weight is 544 g/mol. The first kappa shape index (κ1) is 26.3. The molecule has 0 spiro atoms. The molecule has 1 amide bonds. The molecule has 210 valence electrons. The van der Waals surface area contributed by atoms with E-state index in [-0.39, 0.29) is 0 Å². The van der Waals surface area contributed by atoms with E-state index >= 15 is 0 Å². The van der Waals surface area contributed by atoms with Gasteiger partial charge in [0, 0.05) is 30.9 Å². The molecule has 4 aromatic rings. The Bertz CT molecular complexity index is 1570. The van der Waals surface area contributed by atoms with E-state index in [1.165, 1.54) is 45.4 Å². The van der Waals surface area contributed by atoms with Gasteiger partial charge < -0.3 is 4.90 Å². The number of nitrogens with zero attached hydrogens (tertiary/aromatic N) is 3. The van der Waals surface area contributed by atoms with E-state index in [2.05, 4.69) is 90.6 Å². The van der Waals surface area contributed by atoms with Gasteiger partial charge in [0.25, 0.3) is 0 Å². The largest absolute Gasteiger partial charge is 0.342 e. The summed E-state index contributed by atoms with van der Waals surface area (Å²) < 4.78 is 2.02. The number of hydrogen-bond donors (Lipinski definition) is 0. The number of benzene rings is 3. The predicted molar refractivity (Wildman–Crippen MR) is 166 cm³/mol. The number of aryl methyl sites for hydroxylation is 3. The summed E-state index contributed by atoms with van der Waals surface area (Å²) in [4.78, 5) is 14.7. The second-order valence-corrected chi connectivity index (χ2v) is 12.5. The fraction of sp³-hybridized carbons (Fsp3) is 0.405. The van der Waals surface area contributed by atoms with Crippen LogP contribution in [-0.2, 0) is 24.1 Å². The molecule has 0 bridgehead atoms. The molecule has 0 radical (unpaired) electrons. The molecular weight excluding hydrogens is 502 g/mol. The lowest BCUT2D eigenvalue weighted by molar-refractivity contribution is -0.133. The highest BCUT2D eigenvalue weighted by Gasteiger charge is 2.35. The monoisotopic (exact) mass is 543 g/mol. The summed E-state index contributed by atoms with van der Waals surface area (Å²) in [5.41, 5.74) is 12.4. The van der Waals surface area contributed by atoms with Crippen LogP contribution in [0.5, 0.6) is 0 Å². The van der Waals surface area contributed by atoms with E-state index in [1.807, 2.05) is 10.9 Å². The fourth-order valence-electron chi connectivity index (χ4n) is 7.46. The van der Waals surface area contributed by atoms with Gasteiger partial charge in [-0.15, -0.1) is 0 Å². The van der Waals surface area contributed by atoms with Crippen LogP contribution in [0.15, 0.2) is 72.9 Å². The fourth-order valence-corrected chi connectivity index (χ4v) is 7.46. The number of fused-ring (bicyclic) bond motifs is 1. The number of piperidine rings is 1. The number of likely N-dealkylation sites (tertiary alicyclic amines) is 1. The quantitative estimate of drug-likeness (QED) is 0.239. The lowest BCUT2D eigenvalue weighted by atomic mass is 9.83. The van der Waals surface area contributed by atoms with Crippen LogP contribution >= 0.6 is 0 Å². The molecule has 2 aliphatic carbocycles. The van der Waals surface area contributed by atoms with Gasteiger partial charge in [-0.2, -0.15) is 5.10 Å². The molecule has 3 aliphatic rings. The van der Waals surface area contributed by atoms with Crippen molar-refractivity contribution in [3.63, 3.8) is 0 Å². The summed E-state index contributed by atoms with van der Waals surface area (Å²) in [6.45, 7) is 6.25. The summed E-state index contributed by atoms with van der Waals surface area (Å²) in [6.07, 6.45) is 10.8. The topological polar surface area (TPSA) is 38.1 Å². The highest BCUT2D eigenvalue weighted by molar-refractivity contribution is 5.81. The Kier molecular flexibility index (Phi) is 7.02. The van der Waals surface area contributed by atoms with Gasteiger partial charge in [-0.05, 0) is 127 Å². The Balaban J connectivity index is 1.11. The van der Waals surface area contributed by atoms with Gasteiger partial charge in [-0.1, -0.05) is 55.5 Å². The molecule has 7 rings (SSSR count). The van der Waals surface area contributed by atoms with Crippen LogP contribution in [0.4, 0.5) is 0 Å². The van der Waals surface area contributed by atoms with E-state index in [0.29, 0.717) is 23.7 Å². The second-order valence-electron chi connectivity index (χ2n) is 12.5. The van der Waals surface area contributed by atoms with Crippen LogP contribution in [0.1, 0.15) is 84.4 Å². The Morgan fingerprint density at radius 3 is 2.51 bits per heavy atom. The van der Waals surface area contributed by atoms with Crippen LogP contribution < -0.4 is 0 Å². The third kappa shape index (κ3) is 5.14. The molecule has 1 unspecified atom stereocenters. The first-order chi connectivity index (χ1) is 20.1. The van der Waals surface area contributed by atoms with Crippen molar-refractivity contribution in [3.05, 3.63) is 106 Å². The standard InChI is InChI=1S/C37H41N3O/c1-3-27-22-26(10-15-34(27)28-17-20-39(21-18-28)37(41)30-12-13-30)23-32-14-11-29-6-5-9-35(36(29)32)31-7-4-8-33(24-31)40-25(2)16-19-38-40/h4-10,15-16,19,22,24,28,30,32H,3,11-14,17-18,20-21,23H2,1-2H3. The molecule has 4 heteroatoms. The number of aromatic nitrogens is 2. The molecule has 2 heterocycles. The van der Waals surface area contributed by atoms with Gasteiger partial charge in [0.2, 0.25) is 5.91 Å². The van der Waals surface area contributed by atoms with Gasteiger partial charge in [0.1, 0.15) is 0 Å². The van der Waals surface area contributed by atoms with Crippen molar-refractivity contribution in [2.45, 2.75) is 77.0 Å². The van der Waals surface area contributed by atoms with E-state index in [4.69, 9.17) is 0 Å². The van der Waals surface area contributed by atoms with Crippen molar-refractivity contribution < 1.29 is 4.79 Å². The number of hydrogen-bond acceptors (Lipinski definition) is 2. The zero-order valence-electron chi connectivity index (χ0n) is 24.5. The number of carbonyl (C=O) groups is 1. The summed E-state index contributed by atoms with van der Waals surface area (Å²) in [7, 11) is 0. The van der Waals surface area contributed by atoms with E-state index in [0.717, 1.165) is 69.4 Å². The Morgan fingerprint density at radius 1 is 0.927 bits per heavy atom. The number of amides is 1. The first-order valence-electron chi connectivity index (χ1n) is 15.7. The van der Waals surface area contributed by atoms with Gasteiger partial charge in [-0.3, -0.25) is 4.79 Å². The minimum absolute atomic E-state index is 0.336. The maximum Gasteiger partial charge on any atom is 0.225 e. The third-order valence-electron chi connectivity index (χ3n) is 9.84. The molecule has 1 aliphatic heterocycles. The molecule has 1 saturated heterocycles. The van der Waals surface area contributed by atoms with Gasteiger partial charge >= 0.3 is 0 Å². The molecule has 0 N–H and O–H groups in total. The van der Waals surface area contributed by atoms with Crippen LogP contribution in [0.25, 0.3) is 16.8 Å². The molecular formula is C37H41N3O. The van der Waals surface area contributed by atoms with Crippen molar-refractivity contribution in [2.24, 2.45) is 5.92 Å². The van der Waals surface area contributed by atoms with Crippen LogP contribution in [-0.4, -0.2) is 33.7 Å². The second kappa shape index (κ2) is 11.0. The molecule has 1 aromatic heterocycles. The minimum Gasteiger partial charge on any atom is -0.342 e. The summed E-state index contributed by atoms with van der Waals surface area (Å²) in [5.74, 6) is 1.85. The van der Waals surface area contributed by atoms with Crippen molar-refractivity contribution in [3.8, 4) is 16.8 Å². The lowest BCUT2D eigenvalue weighted by Gasteiger charge is -2.33. The smallest absolute Gasteiger partial charge is 0.225 e. The normalized spacial score (nSPS) is 19.0. The Hall–Kier alpha value is -3.66. The Morgan fingerprint density at radius 2 is 1.76 bits per heavy atom. The maximum atomic E-state index is 12.5. The van der Waals surface area contributed by atoms with E-state index in [1.54, 1.807) is 0 Å². The average Bonchev–Trinajstić information content (AvgIpc) is 3.66. The predicted octanol–water partition coefficient (Wildman–Crippen LogP) is 7.80. The van der Waals surface area contributed by atoms with Crippen LogP contribution in [0.2, 0.25) is 0 Å². The molecule has 4 nitrogen and oxygen atoms in total. The third-order valence-corrected chi connectivity index (χ3v) is 9.84. The van der Waals surface area contributed by atoms with Crippen molar-refractivity contribution in [1.82, 2.24) is 14.7 Å². The first-order valence-corrected chi connectivity index (χ1v) is 15.7. The van der Waals surface area contributed by atoms with E-state index < -0.39 is 0 Å². The van der Waals surface area contributed by atoms with Crippen molar-refractivity contribution in [2.75, 3.05) is 13.1 Å². The SMILES string of the molecule is CCc1cc(CC2CCc3cccc(-c4cccc(-n5nccc5C)c4)c32)ccc1C1CCN(C(=O)C2CC2)CC1. The van der Waals surface area contributed by atoms with Crippen LogP contribution in [0.3, 0.4) is 0 Å². The van der Waals surface area contributed by atoms with Crippen LogP contribution in [0, 0.1) is 12.8 Å². The van der Waals surface area contributed by atoms with E-state index in [9.17, 15) is 4.79 Å². The number of carbonyl (C=O) groups excluding carboxylic acids is 1. The zero-order valence-corrected chi connectivity index (χ0v) is 24.5. The Labute approximate surface area is 244 Å². The minimum atomic E-state index is 0.336. The maximum absolute atomic E-state index is 12.5. The molecule has 1 atom stereocenters. The lowest BCUT2D eigenvalue weighted by Crippen LogP contribution is -2.38. The van der Waals surface area contributed by atoms with Gasteiger partial charge in [0.15, 0.2) is 0 Å². The van der Waals surface area contributed by atoms with Crippen molar-refractivity contribution >= 4 is 5.91 Å². The van der Waals surface area contributed by atoms with Gasteiger partial charge in [0.05, 0.1) is 5.69 Å². The molecule has 41 heavy (non-hydrogen) atoms. The molecule has 1 saturated carbocycles. The van der Waals surface area contributed by atoms with Crippen molar-refractivity contribution in [1.29, 1.82) is 0 Å². The zero-order chi connectivity index (χ0) is 27.9. The number of rotatable bonds is 7. The summed E-state index contributed by atoms with van der Waals surface area (Å²) >= 11 is 0. The van der Waals surface area contributed by atoms with Gasteiger partial charge in [-0.25, -0.2) is 4.68 Å². The molecule has 2 fully saturated rings. The summed E-state index contributed by atoms with van der Waals surface area (Å²) in [6, 6.07) is 25.1. The highest BCUT2D eigenvalue weighted by atomic mass is 16.2. The summed E-state index contributed by atoms with van der Waals surface area (Å²) in [5, 5.41) is 4.54. The highest BCUT2D eigenvalue weighted by Crippen LogP contribution is 2.43.